The first kappa shape index (κ1) is 23.0. The maximum atomic E-state index is 14.5. The summed E-state index contributed by atoms with van der Waals surface area (Å²) in [5, 5.41) is 0. The van der Waals surface area contributed by atoms with Gasteiger partial charge in [-0.3, -0.25) is 4.98 Å². The van der Waals surface area contributed by atoms with Crippen LogP contribution in [-0.4, -0.2) is 17.7 Å². The van der Waals surface area contributed by atoms with Gasteiger partial charge in [-0.2, -0.15) is 0 Å². The standard InChI is InChI=1S/C26H34FNO/c1-4-6-10-18-29-21(3)12-8-7-9-13-23-15-16-24(19-25(23)27)26-17-14-22(11-5-2)20-28-26/h5,9,13-17,19-21H,2,4,6-8,10-12,18H2,1,3H3/b13-9+. The van der Waals surface area contributed by atoms with E-state index in [1.165, 1.54) is 12.8 Å². The van der Waals surface area contributed by atoms with Crippen LogP contribution in [0.3, 0.4) is 0 Å². The molecule has 1 heterocycles. The molecular weight excluding hydrogens is 361 g/mol. The lowest BCUT2D eigenvalue weighted by atomic mass is 10.1. The van der Waals surface area contributed by atoms with Gasteiger partial charge in [-0.1, -0.05) is 56.2 Å². The Labute approximate surface area is 175 Å². The first-order valence-corrected chi connectivity index (χ1v) is 10.8. The summed E-state index contributed by atoms with van der Waals surface area (Å²) >= 11 is 0. The van der Waals surface area contributed by atoms with Crippen molar-refractivity contribution >= 4 is 6.08 Å². The van der Waals surface area contributed by atoms with Gasteiger partial charge in [-0.05, 0) is 56.7 Å². The van der Waals surface area contributed by atoms with Gasteiger partial charge in [-0.25, -0.2) is 4.39 Å². The van der Waals surface area contributed by atoms with E-state index in [1.54, 1.807) is 6.07 Å². The van der Waals surface area contributed by atoms with Crippen LogP contribution in [-0.2, 0) is 11.2 Å². The van der Waals surface area contributed by atoms with Gasteiger partial charge in [-0.15, -0.1) is 6.58 Å². The Morgan fingerprint density at radius 2 is 2.03 bits per heavy atom. The number of halogens is 1. The molecule has 0 spiro atoms. The second kappa shape index (κ2) is 13.1. The van der Waals surface area contributed by atoms with Crippen molar-refractivity contribution in [1.82, 2.24) is 4.98 Å². The normalized spacial score (nSPS) is 12.4. The van der Waals surface area contributed by atoms with Crippen LogP contribution in [0, 0.1) is 5.82 Å². The van der Waals surface area contributed by atoms with Crippen LogP contribution in [0.4, 0.5) is 4.39 Å². The molecule has 0 N–H and O–H groups in total. The summed E-state index contributed by atoms with van der Waals surface area (Å²) in [5.41, 5.74) is 3.28. The molecule has 0 aliphatic carbocycles. The van der Waals surface area contributed by atoms with Crippen molar-refractivity contribution in [3.8, 4) is 11.3 Å². The number of aromatic nitrogens is 1. The second-order valence-electron chi connectivity index (χ2n) is 7.50. The van der Waals surface area contributed by atoms with Crippen molar-refractivity contribution in [2.45, 2.75) is 64.9 Å². The lowest BCUT2D eigenvalue weighted by Gasteiger charge is -2.12. The predicted octanol–water partition coefficient (Wildman–Crippen LogP) is 7.40. The molecule has 0 radical (unpaired) electrons. The fraction of sp³-hybridized carbons (Fsp3) is 0.423. The number of pyridine rings is 1. The Balaban J connectivity index is 1.80. The number of benzene rings is 1. The largest absolute Gasteiger partial charge is 0.379 e. The van der Waals surface area contributed by atoms with Gasteiger partial charge in [0.05, 0.1) is 11.8 Å². The first-order chi connectivity index (χ1) is 14.1. The molecule has 0 saturated carbocycles. The summed E-state index contributed by atoms with van der Waals surface area (Å²) in [4.78, 5) is 4.43. The lowest BCUT2D eigenvalue weighted by Crippen LogP contribution is -2.08. The smallest absolute Gasteiger partial charge is 0.131 e. The monoisotopic (exact) mass is 395 g/mol. The van der Waals surface area contributed by atoms with Crippen LogP contribution in [0.15, 0.2) is 55.3 Å². The highest BCUT2D eigenvalue weighted by Crippen LogP contribution is 2.21. The fourth-order valence-electron chi connectivity index (χ4n) is 3.16. The van der Waals surface area contributed by atoms with Crippen molar-refractivity contribution < 1.29 is 9.13 Å². The molecule has 156 valence electrons. The van der Waals surface area contributed by atoms with Crippen LogP contribution in [0.2, 0.25) is 0 Å². The topological polar surface area (TPSA) is 22.1 Å². The number of nitrogens with zero attached hydrogens (tertiary/aromatic N) is 1. The minimum absolute atomic E-state index is 0.219. The average molecular weight is 396 g/mol. The maximum Gasteiger partial charge on any atom is 0.131 e. The number of allylic oxidation sites excluding steroid dienone is 2. The van der Waals surface area contributed by atoms with E-state index in [4.69, 9.17) is 4.74 Å². The maximum absolute atomic E-state index is 14.5. The van der Waals surface area contributed by atoms with Crippen LogP contribution in [0.5, 0.6) is 0 Å². The SMILES string of the molecule is C=CCc1ccc(-c2ccc(/C=C/CCCC(C)OCCCCC)c(F)c2)nc1. The second-order valence-corrected chi connectivity index (χ2v) is 7.50. The third kappa shape index (κ3) is 8.33. The molecule has 2 aromatic rings. The molecule has 0 amide bonds. The number of hydrogen-bond acceptors (Lipinski definition) is 2. The van der Waals surface area contributed by atoms with E-state index in [0.29, 0.717) is 11.7 Å². The van der Waals surface area contributed by atoms with E-state index in [1.807, 2.05) is 48.7 Å². The van der Waals surface area contributed by atoms with Crippen molar-refractivity contribution in [2.75, 3.05) is 6.61 Å². The number of ether oxygens (including phenoxy) is 1. The third-order valence-electron chi connectivity index (χ3n) is 4.93. The molecule has 3 heteroatoms. The van der Waals surface area contributed by atoms with E-state index in [9.17, 15) is 4.39 Å². The van der Waals surface area contributed by atoms with Gasteiger partial charge in [0.2, 0.25) is 0 Å². The van der Waals surface area contributed by atoms with Crippen molar-refractivity contribution in [3.63, 3.8) is 0 Å². The molecule has 0 fully saturated rings. The Bertz CT molecular complexity index is 767. The zero-order valence-corrected chi connectivity index (χ0v) is 17.9. The van der Waals surface area contributed by atoms with E-state index < -0.39 is 0 Å². The fourth-order valence-corrected chi connectivity index (χ4v) is 3.16. The average Bonchev–Trinajstić information content (AvgIpc) is 2.73. The third-order valence-corrected chi connectivity index (χ3v) is 4.93. The Morgan fingerprint density at radius 1 is 1.17 bits per heavy atom. The molecule has 1 aromatic heterocycles. The summed E-state index contributed by atoms with van der Waals surface area (Å²) in [6.07, 6.45) is 15.3. The van der Waals surface area contributed by atoms with Gasteiger partial charge >= 0.3 is 0 Å². The quantitative estimate of drug-likeness (QED) is 0.260. The van der Waals surface area contributed by atoms with E-state index in [-0.39, 0.29) is 5.82 Å². The number of hydrogen-bond donors (Lipinski definition) is 0. The molecule has 2 nitrogen and oxygen atoms in total. The zero-order valence-electron chi connectivity index (χ0n) is 17.9. The summed E-state index contributed by atoms with van der Waals surface area (Å²) in [6, 6.07) is 9.23. The minimum Gasteiger partial charge on any atom is -0.379 e. The Hall–Kier alpha value is -2.26. The van der Waals surface area contributed by atoms with Crippen molar-refractivity contribution in [2.24, 2.45) is 0 Å². The van der Waals surface area contributed by atoms with Crippen molar-refractivity contribution in [1.29, 1.82) is 0 Å². The molecule has 0 bridgehead atoms. The Kier molecular flexibility index (Phi) is 10.4. The molecule has 1 unspecified atom stereocenters. The van der Waals surface area contributed by atoms with E-state index >= 15 is 0 Å². The minimum atomic E-state index is -0.219. The highest BCUT2D eigenvalue weighted by Gasteiger charge is 2.05. The summed E-state index contributed by atoms with van der Waals surface area (Å²) < 4.78 is 20.3. The van der Waals surface area contributed by atoms with E-state index in [0.717, 1.165) is 55.5 Å². The molecular formula is C26H34FNO. The Morgan fingerprint density at radius 3 is 2.72 bits per heavy atom. The lowest BCUT2D eigenvalue weighted by molar-refractivity contribution is 0.0566. The predicted molar refractivity (Wildman–Crippen MR) is 121 cm³/mol. The van der Waals surface area contributed by atoms with Gasteiger partial charge in [0.25, 0.3) is 0 Å². The first-order valence-electron chi connectivity index (χ1n) is 10.8. The van der Waals surface area contributed by atoms with Crippen LogP contribution >= 0.6 is 0 Å². The van der Waals surface area contributed by atoms with Gasteiger partial charge in [0.15, 0.2) is 0 Å². The summed E-state index contributed by atoms with van der Waals surface area (Å²) in [6.45, 7) is 8.92. The zero-order chi connectivity index (χ0) is 20.9. The molecule has 0 aliphatic heterocycles. The van der Waals surface area contributed by atoms with Gasteiger partial charge in [0, 0.05) is 23.9 Å². The molecule has 0 aliphatic rings. The van der Waals surface area contributed by atoms with Crippen LogP contribution in [0.1, 0.15) is 63.5 Å². The molecule has 2 rings (SSSR count). The molecule has 29 heavy (non-hydrogen) atoms. The molecule has 1 aromatic carbocycles. The van der Waals surface area contributed by atoms with Crippen LogP contribution in [0.25, 0.3) is 17.3 Å². The van der Waals surface area contributed by atoms with Gasteiger partial charge in [0.1, 0.15) is 5.82 Å². The highest BCUT2D eigenvalue weighted by atomic mass is 19.1. The summed E-state index contributed by atoms with van der Waals surface area (Å²) in [5.74, 6) is -0.219. The number of unbranched alkanes of at least 4 members (excludes halogenated alkanes) is 3. The number of rotatable bonds is 13. The molecule has 0 saturated heterocycles. The molecule has 1 atom stereocenters. The van der Waals surface area contributed by atoms with Crippen LogP contribution < -0.4 is 0 Å². The summed E-state index contributed by atoms with van der Waals surface area (Å²) in [7, 11) is 0. The van der Waals surface area contributed by atoms with Crippen molar-refractivity contribution in [3.05, 3.63) is 72.2 Å². The van der Waals surface area contributed by atoms with Gasteiger partial charge < -0.3 is 4.74 Å². The van der Waals surface area contributed by atoms with E-state index in [2.05, 4.69) is 25.4 Å². The highest BCUT2D eigenvalue weighted by molar-refractivity contribution is 5.63.